The lowest BCUT2D eigenvalue weighted by molar-refractivity contribution is 0.0951. The SMILES string of the molecule is COc1ccc(-c2nc3cc(C(=O)NCc4cccc(CN)c4)ccn3c2Nc2c(C)cccc2C)cc1OC. The summed E-state index contributed by atoms with van der Waals surface area (Å²) in [6, 6.07) is 23.4. The Morgan fingerprint density at radius 1 is 0.900 bits per heavy atom. The number of nitrogens with zero attached hydrogens (tertiary/aromatic N) is 2. The number of carbonyl (C=O) groups is 1. The lowest BCUT2D eigenvalue weighted by Crippen LogP contribution is -2.23. The van der Waals surface area contributed by atoms with E-state index in [0.29, 0.717) is 35.8 Å². The van der Waals surface area contributed by atoms with Crippen molar-refractivity contribution in [2.75, 3.05) is 19.5 Å². The first-order valence-corrected chi connectivity index (χ1v) is 13.1. The molecule has 0 saturated carbocycles. The van der Waals surface area contributed by atoms with Gasteiger partial charge in [0.25, 0.3) is 5.91 Å². The Kier molecular flexibility index (Phi) is 7.70. The minimum Gasteiger partial charge on any atom is -0.493 e. The van der Waals surface area contributed by atoms with Crippen LogP contribution in [0, 0.1) is 13.8 Å². The molecule has 0 fully saturated rings. The van der Waals surface area contributed by atoms with Crippen LogP contribution in [0.25, 0.3) is 16.9 Å². The number of anilines is 2. The standard InChI is InChI=1S/C32H33N5O3/c1-20-7-5-8-21(2)29(20)36-31-30(24-11-12-26(39-3)27(16-24)40-4)35-28-17-25(13-14-37(28)31)32(38)34-19-23-10-6-9-22(15-23)18-33/h5-17,36H,18-19,33H2,1-4H3,(H,34,38). The lowest BCUT2D eigenvalue weighted by Gasteiger charge is -2.15. The van der Waals surface area contributed by atoms with E-state index in [1.807, 2.05) is 59.1 Å². The normalized spacial score (nSPS) is 10.9. The summed E-state index contributed by atoms with van der Waals surface area (Å²) < 4.78 is 13.0. The van der Waals surface area contributed by atoms with Gasteiger partial charge >= 0.3 is 0 Å². The number of ether oxygens (including phenoxy) is 2. The molecule has 8 nitrogen and oxygen atoms in total. The number of rotatable bonds is 9. The quantitative estimate of drug-likeness (QED) is 0.222. The molecule has 4 N–H and O–H groups in total. The minimum atomic E-state index is -0.180. The molecule has 0 saturated heterocycles. The third kappa shape index (κ3) is 5.34. The average molecular weight is 536 g/mol. The summed E-state index contributed by atoms with van der Waals surface area (Å²) in [6.45, 7) is 5.00. The van der Waals surface area contributed by atoms with Gasteiger partial charge in [0.1, 0.15) is 17.2 Å². The molecular formula is C32H33N5O3. The molecule has 0 aliphatic carbocycles. The highest BCUT2D eigenvalue weighted by Crippen LogP contribution is 2.37. The molecule has 0 bridgehead atoms. The summed E-state index contributed by atoms with van der Waals surface area (Å²) in [7, 11) is 3.22. The largest absolute Gasteiger partial charge is 0.493 e. The molecule has 5 aromatic rings. The van der Waals surface area contributed by atoms with Crippen LogP contribution in [0.1, 0.15) is 32.6 Å². The molecule has 0 radical (unpaired) electrons. The van der Waals surface area contributed by atoms with Gasteiger partial charge in [0.2, 0.25) is 0 Å². The van der Waals surface area contributed by atoms with Crippen molar-refractivity contribution in [1.29, 1.82) is 0 Å². The first-order chi connectivity index (χ1) is 19.4. The highest BCUT2D eigenvalue weighted by atomic mass is 16.5. The van der Waals surface area contributed by atoms with Gasteiger partial charge < -0.3 is 25.8 Å². The van der Waals surface area contributed by atoms with E-state index < -0.39 is 0 Å². The molecule has 5 rings (SSSR count). The van der Waals surface area contributed by atoms with Gasteiger partial charge in [-0.2, -0.15) is 0 Å². The number of hydrogen-bond donors (Lipinski definition) is 3. The zero-order valence-corrected chi connectivity index (χ0v) is 23.1. The Morgan fingerprint density at radius 3 is 2.35 bits per heavy atom. The van der Waals surface area contributed by atoms with E-state index >= 15 is 0 Å². The molecule has 0 aliphatic heterocycles. The average Bonchev–Trinajstić information content (AvgIpc) is 3.35. The fraction of sp³-hybridized carbons (Fsp3) is 0.188. The van der Waals surface area contributed by atoms with Crippen molar-refractivity contribution in [3.8, 4) is 22.8 Å². The van der Waals surface area contributed by atoms with Crippen LogP contribution in [-0.4, -0.2) is 29.5 Å². The lowest BCUT2D eigenvalue weighted by atomic mass is 10.1. The number of aryl methyl sites for hydroxylation is 2. The van der Waals surface area contributed by atoms with Gasteiger partial charge in [-0.15, -0.1) is 0 Å². The van der Waals surface area contributed by atoms with E-state index in [1.165, 1.54) is 0 Å². The van der Waals surface area contributed by atoms with E-state index in [0.717, 1.165) is 45.0 Å². The van der Waals surface area contributed by atoms with Crippen LogP contribution in [0.3, 0.4) is 0 Å². The molecule has 0 atom stereocenters. The second kappa shape index (κ2) is 11.5. The molecule has 2 aromatic heterocycles. The molecule has 3 aromatic carbocycles. The van der Waals surface area contributed by atoms with Crippen LogP contribution in [-0.2, 0) is 13.1 Å². The Morgan fingerprint density at radius 2 is 1.62 bits per heavy atom. The van der Waals surface area contributed by atoms with Crippen molar-refractivity contribution in [3.63, 3.8) is 0 Å². The van der Waals surface area contributed by atoms with Gasteiger partial charge in [0, 0.05) is 36.1 Å². The third-order valence-electron chi connectivity index (χ3n) is 6.95. The number of fused-ring (bicyclic) bond motifs is 1. The Bertz CT molecular complexity index is 1670. The van der Waals surface area contributed by atoms with Crippen molar-refractivity contribution in [2.45, 2.75) is 26.9 Å². The summed E-state index contributed by atoms with van der Waals surface area (Å²) in [5.41, 5.74) is 13.7. The zero-order chi connectivity index (χ0) is 28.2. The highest BCUT2D eigenvalue weighted by molar-refractivity contribution is 5.95. The van der Waals surface area contributed by atoms with Crippen molar-refractivity contribution < 1.29 is 14.3 Å². The summed E-state index contributed by atoms with van der Waals surface area (Å²) >= 11 is 0. The maximum atomic E-state index is 13.1. The Hall–Kier alpha value is -4.82. The number of benzene rings is 3. The van der Waals surface area contributed by atoms with Gasteiger partial charge in [0.05, 0.1) is 14.2 Å². The van der Waals surface area contributed by atoms with Crippen LogP contribution in [0.5, 0.6) is 11.5 Å². The molecule has 40 heavy (non-hydrogen) atoms. The molecule has 1 amide bonds. The van der Waals surface area contributed by atoms with Crippen LogP contribution in [0.4, 0.5) is 11.5 Å². The maximum absolute atomic E-state index is 13.1. The van der Waals surface area contributed by atoms with Crippen LogP contribution in [0.15, 0.2) is 79.0 Å². The fourth-order valence-corrected chi connectivity index (χ4v) is 4.77. The zero-order valence-electron chi connectivity index (χ0n) is 23.1. The van der Waals surface area contributed by atoms with Crippen molar-refractivity contribution in [2.24, 2.45) is 5.73 Å². The second-order valence-electron chi connectivity index (χ2n) is 9.62. The van der Waals surface area contributed by atoms with Gasteiger partial charge in [0.15, 0.2) is 11.5 Å². The Labute approximate surface area is 233 Å². The molecule has 0 spiro atoms. The molecule has 0 aliphatic rings. The van der Waals surface area contributed by atoms with Crippen LogP contribution < -0.4 is 25.8 Å². The monoisotopic (exact) mass is 535 g/mol. The number of para-hydroxylation sites is 1. The molecule has 8 heteroatoms. The Balaban J connectivity index is 1.54. The summed E-state index contributed by atoms with van der Waals surface area (Å²) in [4.78, 5) is 18.1. The number of amides is 1. The number of carbonyl (C=O) groups excluding carboxylic acids is 1. The molecular weight excluding hydrogens is 502 g/mol. The highest BCUT2D eigenvalue weighted by Gasteiger charge is 2.19. The number of aromatic nitrogens is 2. The van der Waals surface area contributed by atoms with Crippen molar-refractivity contribution in [1.82, 2.24) is 14.7 Å². The predicted octanol–water partition coefficient (Wildman–Crippen LogP) is 5.77. The van der Waals surface area contributed by atoms with E-state index in [-0.39, 0.29) is 5.91 Å². The van der Waals surface area contributed by atoms with Gasteiger partial charge in [-0.3, -0.25) is 9.20 Å². The summed E-state index contributed by atoms with van der Waals surface area (Å²) in [5, 5.41) is 6.62. The van der Waals surface area contributed by atoms with E-state index in [4.69, 9.17) is 20.2 Å². The number of methoxy groups -OCH3 is 2. The number of hydrogen-bond acceptors (Lipinski definition) is 6. The molecule has 0 unspecified atom stereocenters. The van der Waals surface area contributed by atoms with Crippen molar-refractivity contribution in [3.05, 3.63) is 107 Å². The minimum absolute atomic E-state index is 0.180. The topological polar surface area (TPSA) is 103 Å². The smallest absolute Gasteiger partial charge is 0.251 e. The van der Waals surface area contributed by atoms with E-state index in [2.05, 4.69) is 36.6 Å². The van der Waals surface area contributed by atoms with E-state index in [1.54, 1.807) is 26.4 Å². The fourth-order valence-electron chi connectivity index (χ4n) is 4.77. The summed E-state index contributed by atoms with van der Waals surface area (Å²) in [5.74, 6) is 1.84. The van der Waals surface area contributed by atoms with Crippen LogP contribution in [0.2, 0.25) is 0 Å². The van der Waals surface area contributed by atoms with Gasteiger partial charge in [-0.05, 0) is 66.4 Å². The van der Waals surface area contributed by atoms with E-state index in [9.17, 15) is 4.79 Å². The maximum Gasteiger partial charge on any atom is 0.251 e. The number of nitrogens with two attached hydrogens (primary N) is 1. The van der Waals surface area contributed by atoms with Gasteiger partial charge in [-0.1, -0.05) is 42.5 Å². The number of nitrogens with one attached hydrogen (secondary N) is 2. The first kappa shape index (κ1) is 26.8. The number of pyridine rings is 1. The first-order valence-electron chi connectivity index (χ1n) is 13.1. The third-order valence-corrected chi connectivity index (χ3v) is 6.95. The van der Waals surface area contributed by atoms with Crippen LogP contribution >= 0.6 is 0 Å². The predicted molar refractivity (Wildman–Crippen MR) is 158 cm³/mol. The number of imidazole rings is 1. The molecule has 204 valence electrons. The summed E-state index contributed by atoms with van der Waals surface area (Å²) in [6.07, 6.45) is 1.87. The molecule has 2 heterocycles. The van der Waals surface area contributed by atoms with Crippen molar-refractivity contribution >= 4 is 23.1 Å². The van der Waals surface area contributed by atoms with Gasteiger partial charge in [-0.25, -0.2) is 4.98 Å². The second-order valence-corrected chi connectivity index (χ2v) is 9.62.